The zero-order valence-electron chi connectivity index (χ0n) is 11.6. The number of thiazole rings is 1. The van der Waals surface area contributed by atoms with Gasteiger partial charge in [0.2, 0.25) is 5.91 Å². The van der Waals surface area contributed by atoms with Gasteiger partial charge in [-0.05, 0) is 30.9 Å². The van der Waals surface area contributed by atoms with Crippen LogP contribution in [0.1, 0.15) is 43.5 Å². The number of benzene rings is 1. The normalized spacial score (nSPS) is 16.4. The molecule has 1 aromatic heterocycles. The molecule has 0 atom stereocenters. The molecule has 1 amide bonds. The number of carbonyl (C=O) groups excluding carboxylic acids is 1. The van der Waals surface area contributed by atoms with E-state index in [0.717, 1.165) is 10.5 Å². The molecular formula is C16H20N2OS. The molecule has 3 nitrogen and oxygen atoms in total. The van der Waals surface area contributed by atoms with Crippen molar-refractivity contribution in [2.75, 3.05) is 0 Å². The Morgan fingerprint density at radius 2 is 2.05 bits per heavy atom. The van der Waals surface area contributed by atoms with E-state index in [9.17, 15) is 4.79 Å². The zero-order valence-corrected chi connectivity index (χ0v) is 12.4. The van der Waals surface area contributed by atoms with E-state index in [4.69, 9.17) is 0 Å². The van der Waals surface area contributed by atoms with Crippen molar-refractivity contribution < 1.29 is 4.79 Å². The van der Waals surface area contributed by atoms with Crippen molar-refractivity contribution in [2.45, 2.75) is 45.1 Å². The van der Waals surface area contributed by atoms with Gasteiger partial charge in [-0.2, -0.15) is 0 Å². The number of hydrogen-bond donors (Lipinski definition) is 1. The van der Waals surface area contributed by atoms with Crippen LogP contribution in [0.2, 0.25) is 0 Å². The molecule has 3 rings (SSSR count). The molecule has 0 spiro atoms. The Hall–Kier alpha value is -1.42. The number of rotatable bonds is 4. The predicted octanol–water partition coefficient (Wildman–Crippen LogP) is 3.88. The van der Waals surface area contributed by atoms with Crippen LogP contribution in [0.5, 0.6) is 0 Å². The molecule has 1 N–H and O–H groups in total. The maximum absolute atomic E-state index is 12.0. The van der Waals surface area contributed by atoms with Crippen LogP contribution in [0.4, 0.5) is 0 Å². The lowest BCUT2D eigenvalue weighted by Gasteiger charge is -2.20. The molecule has 106 valence electrons. The van der Waals surface area contributed by atoms with Crippen molar-refractivity contribution in [1.82, 2.24) is 10.3 Å². The van der Waals surface area contributed by atoms with Crippen LogP contribution in [-0.2, 0) is 11.3 Å². The first kappa shape index (κ1) is 13.6. The third-order valence-corrected chi connectivity index (χ3v) is 5.01. The van der Waals surface area contributed by atoms with E-state index in [1.807, 2.05) is 18.2 Å². The van der Waals surface area contributed by atoms with Crippen LogP contribution in [0.25, 0.3) is 10.2 Å². The van der Waals surface area contributed by atoms with Crippen molar-refractivity contribution in [1.29, 1.82) is 0 Å². The largest absolute Gasteiger partial charge is 0.350 e. The highest BCUT2D eigenvalue weighted by molar-refractivity contribution is 7.18. The average molecular weight is 288 g/mol. The lowest BCUT2D eigenvalue weighted by atomic mass is 9.87. The van der Waals surface area contributed by atoms with E-state index >= 15 is 0 Å². The number of amides is 1. The monoisotopic (exact) mass is 288 g/mol. The maximum Gasteiger partial charge on any atom is 0.220 e. The molecule has 1 fully saturated rings. The molecule has 0 unspecified atom stereocenters. The van der Waals surface area contributed by atoms with Gasteiger partial charge in [-0.1, -0.05) is 31.4 Å². The molecule has 1 heterocycles. The van der Waals surface area contributed by atoms with Crippen molar-refractivity contribution >= 4 is 27.5 Å². The topological polar surface area (TPSA) is 42.0 Å². The molecule has 0 saturated heterocycles. The van der Waals surface area contributed by atoms with E-state index in [1.165, 1.54) is 36.8 Å². The highest BCUT2D eigenvalue weighted by Gasteiger charge is 2.17. The summed E-state index contributed by atoms with van der Waals surface area (Å²) in [4.78, 5) is 16.5. The molecule has 20 heavy (non-hydrogen) atoms. The van der Waals surface area contributed by atoms with Gasteiger partial charge in [-0.15, -0.1) is 11.3 Å². The summed E-state index contributed by atoms with van der Waals surface area (Å²) in [6, 6.07) is 8.10. The minimum Gasteiger partial charge on any atom is -0.350 e. The molecule has 0 bridgehead atoms. The molecule has 0 radical (unpaired) electrons. The Kier molecular flexibility index (Phi) is 4.31. The summed E-state index contributed by atoms with van der Waals surface area (Å²) >= 11 is 1.66. The van der Waals surface area contributed by atoms with E-state index in [2.05, 4.69) is 16.4 Å². The standard InChI is InChI=1S/C16H20N2OS/c19-15(10-12-6-2-1-3-7-12)17-11-16-18-13-8-4-5-9-14(13)20-16/h4-5,8-9,12H,1-3,6-7,10-11H2,(H,17,19). The van der Waals surface area contributed by atoms with E-state index in [-0.39, 0.29) is 5.91 Å². The number of fused-ring (bicyclic) bond motifs is 1. The summed E-state index contributed by atoms with van der Waals surface area (Å²) < 4.78 is 1.18. The highest BCUT2D eigenvalue weighted by Crippen LogP contribution is 2.26. The van der Waals surface area contributed by atoms with E-state index < -0.39 is 0 Å². The van der Waals surface area contributed by atoms with E-state index in [1.54, 1.807) is 11.3 Å². The number of carbonyl (C=O) groups is 1. The SMILES string of the molecule is O=C(CC1CCCCC1)NCc1nc2ccccc2s1. The fraction of sp³-hybridized carbons (Fsp3) is 0.500. The van der Waals surface area contributed by atoms with Crippen LogP contribution in [-0.4, -0.2) is 10.9 Å². The number of para-hydroxylation sites is 1. The first-order valence-electron chi connectivity index (χ1n) is 7.42. The lowest BCUT2D eigenvalue weighted by molar-refractivity contribution is -0.122. The Bertz CT molecular complexity index is 554. The fourth-order valence-corrected chi connectivity index (χ4v) is 3.80. The predicted molar refractivity (Wildman–Crippen MR) is 82.7 cm³/mol. The van der Waals surface area contributed by atoms with Gasteiger partial charge in [0.05, 0.1) is 16.8 Å². The van der Waals surface area contributed by atoms with Gasteiger partial charge < -0.3 is 5.32 Å². The Labute approximate surface area is 123 Å². The van der Waals surface area contributed by atoms with Gasteiger partial charge >= 0.3 is 0 Å². The van der Waals surface area contributed by atoms with Crippen LogP contribution in [0.15, 0.2) is 24.3 Å². The molecule has 1 aliphatic carbocycles. The second-order valence-electron chi connectivity index (χ2n) is 5.56. The van der Waals surface area contributed by atoms with Crippen LogP contribution < -0.4 is 5.32 Å². The van der Waals surface area contributed by atoms with Crippen molar-refractivity contribution in [3.8, 4) is 0 Å². The molecular weight excluding hydrogens is 268 g/mol. The lowest BCUT2D eigenvalue weighted by Crippen LogP contribution is -2.25. The van der Waals surface area contributed by atoms with Crippen LogP contribution >= 0.6 is 11.3 Å². The molecule has 1 saturated carbocycles. The second kappa shape index (κ2) is 6.35. The molecule has 0 aliphatic heterocycles. The van der Waals surface area contributed by atoms with Crippen LogP contribution in [0, 0.1) is 5.92 Å². The summed E-state index contributed by atoms with van der Waals surface area (Å²) in [6.07, 6.45) is 7.03. The van der Waals surface area contributed by atoms with Gasteiger partial charge in [0.15, 0.2) is 0 Å². The number of hydrogen-bond acceptors (Lipinski definition) is 3. The first-order chi connectivity index (χ1) is 9.81. The minimum absolute atomic E-state index is 0.177. The van der Waals surface area contributed by atoms with Gasteiger partial charge in [0, 0.05) is 6.42 Å². The molecule has 4 heteroatoms. The van der Waals surface area contributed by atoms with Gasteiger partial charge in [0.25, 0.3) is 0 Å². The summed E-state index contributed by atoms with van der Waals surface area (Å²) in [5, 5.41) is 4.01. The zero-order chi connectivity index (χ0) is 13.8. The maximum atomic E-state index is 12.0. The summed E-state index contributed by atoms with van der Waals surface area (Å²) in [6.45, 7) is 0.560. The summed E-state index contributed by atoms with van der Waals surface area (Å²) in [5.41, 5.74) is 1.02. The van der Waals surface area contributed by atoms with Gasteiger partial charge in [-0.25, -0.2) is 4.98 Å². The summed E-state index contributed by atoms with van der Waals surface area (Å²) in [5.74, 6) is 0.773. The number of nitrogens with zero attached hydrogens (tertiary/aromatic N) is 1. The summed E-state index contributed by atoms with van der Waals surface area (Å²) in [7, 11) is 0. The number of aromatic nitrogens is 1. The smallest absolute Gasteiger partial charge is 0.220 e. The second-order valence-corrected chi connectivity index (χ2v) is 6.68. The first-order valence-corrected chi connectivity index (χ1v) is 8.24. The Morgan fingerprint density at radius 3 is 2.85 bits per heavy atom. The Morgan fingerprint density at radius 1 is 1.25 bits per heavy atom. The van der Waals surface area contributed by atoms with Crippen molar-refractivity contribution in [3.05, 3.63) is 29.3 Å². The third kappa shape index (κ3) is 3.37. The Balaban J connectivity index is 1.51. The highest BCUT2D eigenvalue weighted by atomic mass is 32.1. The molecule has 1 aliphatic rings. The molecule has 1 aromatic carbocycles. The fourth-order valence-electron chi connectivity index (χ4n) is 2.90. The van der Waals surface area contributed by atoms with Gasteiger partial charge in [-0.3, -0.25) is 4.79 Å². The van der Waals surface area contributed by atoms with Crippen molar-refractivity contribution in [2.24, 2.45) is 5.92 Å². The minimum atomic E-state index is 0.177. The van der Waals surface area contributed by atoms with Crippen LogP contribution in [0.3, 0.4) is 0 Å². The van der Waals surface area contributed by atoms with Gasteiger partial charge in [0.1, 0.15) is 5.01 Å². The van der Waals surface area contributed by atoms with E-state index in [0.29, 0.717) is 18.9 Å². The quantitative estimate of drug-likeness (QED) is 0.927. The van der Waals surface area contributed by atoms with Crippen molar-refractivity contribution in [3.63, 3.8) is 0 Å². The number of nitrogens with one attached hydrogen (secondary N) is 1. The molecule has 2 aromatic rings. The average Bonchev–Trinajstić information content (AvgIpc) is 2.89. The third-order valence-electron chi connectivity index (χ3n) is 3.97.